The lowest BCUT2D eigenvalue weighted by molar-refractivity contribution is 0.149. The van der Waals surface area contributed by atoms with Crippen LogP contribution in [0.5, 0.6) is 0 Å². The highest BCUT2D eigenvalue weighted by atomic mass is 31.2. The van der Waals surface area contributed by atoms with E-state index in [0.717, 1.165) is 18.7 Å². The summed E-state index contributed by atoms with van der Waals surface area (Å²) in [6, 6.07) is 0. The van der Waals surface area contributed by atoms with Gasteiger partial charge in [-0.05, 0) is 41.0 Å². The van der Waals surface area contributed by atoms with Gasteiger partial charge >= 0.3 is 7.60 Å². The van der Waals surface area contributed by atoms with E-state index in [9.17, 15) is 4.57 Å². The minimum atomic E-state index is -3.15. The van der Waals surface area contributed by atoms with E-state index in [0.29, 0.717) is 0 Å². The molecule has 0 unspecified atom stereocenters. The Bertz CT molecular complexity index is 273. The average Bonchev–Trinajstić information content (AvgIpc) is 2.10. The highest BCUT2D eigenvalue weighted by Gasteiger charge is 2.25. The maximum Gasteiger partial charge on any atom is 0.356 e. The fourth-order valence-electron chi connectivity index (χ4n) is 1.28. The molecule has 0 aromatic carbocycles. The van der Waals surface area contributed by atoms with Gasteiger partial charge in [0.25, 0.3) is 0 Å². The second-order valence-electron chi connectivity index (χ2n) is 4.59. The van der Waals surface area contributed by atoms with Gasteiger partial charge < -0.3 is 14.4 Å². The standard InChI is InChI=1S/C12H26NO3P/c1-7-8-13-12(6)9-17(14,15-10(2)3)16-11(4)5/h9-11,13H,7-8H2,1-6H3/b12-9+. The lowest BCUT2D eigenvalue weighted by atomic mass is 10.4. The van der Waals surface area contributed by atoms with Gasteiger partial charge in [0.05, 0.1) is 12.2 Å². The fraction of sp³-hybridized carbons (Fsp3) is 0.833. The van der Waals surface area contributed by atoms with E-state index < -0.39 is 7.60 Å². The molecule has 4 nitrogen and oxygen atoms in total. The molecular formula is C12H26NO3P. The van der Waals surface area contributed by atoms with Crippen LogP contribution in [0.1, 0.15) is 48.0 Å². The maximum atomic E-state index is 12.4. The SMILES string of the molecule is CCCN/C(C)=C/P(=O)(OC(C)C)OC(C)C. The zero-order chi connectivity index (χ0) is 13.5. The first-order valence-corrected chi connectivity index (χ1v) is 7.80. The molecule has 0 saturated carbocycles. The summed E-state index contributed by atoms with van der Waals surface area (Å²) in [5.41, 5.74) is 0.830. The Labute approximate surface area is 105 Å². The zero-order valence-corrected chi connectivity index (χ0v) is 12.7. The molecular weight excluding hydrogens is 237 g/mol. The molecule has 0 spiro atoms. The van der Waals surface area contributed by atoms with E-state index in [1.807, 2.05) is 34.6 Å². The maximum absolute atomic E-state index is 12.4. The van der Waals surface area contributed by atoms with Crippen LogP contribution in [0, 0.1) is 0 Å². The number of hydrogen-bond acceptors (Lipinski definition) is 4. The van der Waals surface area contributed by atoms with Crippen molar-refractivity contribution in [1.82, 2.24) is 5.32 Å². The minimum Gasteiger partial charge on any atom is -0.388 e. The fourth-order valence-corrected chi connectivity index (χ4v) is 3.19. The van der Waals surface area contributed by atoms with Crippen molar-refractivity contribution in [3.8, 4) is 0 Å². The van der Waals surface area contributed by atoms with Gasteiger partial charge in [0.2, 0.25) is 0 Å². The average molecular weight is 263 g/mol. The molecule has 0 fully saturated rings. The summed E-state index contributed by atoms with van der Waals surface area (Å²) in [5.74, 6) is 1.57. The van der Waals surface area contributed by atoms with Crippen molar-refractivity contribution in [2.24, 2.45) is 0 Å². The normalized spacial score (nSPS) is 13.5. The summed E-state index contributed by atoms with van der Waals surface area (Å²) in [4.78, 5) is 0. The van der Waals surface area contributed by atoms with Crippen LogP contribution in [-0.4, -0.2) is 18.8 Å². The van der Waals surface area contributed by atoms with E-state index in [1.165, 1.54) is 0 Å². The molecule has 0 aliphatic heterocycles. The first-order valence-electron chi connectivity index (χ1n) is 6.19. The molecule has 17 heavy (non-hydrogen) atoms. The predicted octanol–water partition coefficient (Wildman–Crippen LogP) is 3.89. The topological polar surface area (TPSA) is 47.6 Å². The third-order valence-electron chi connectivity index (χ3n) is 1.72. The van der Waals surface area contributed by atoms with Crippen molar-refractivity contribution in [3.63, 3.8) is 0 Å². The highest BCUT2D eigenvalue weighted by Crippen LogP contribution is 2.52. The van der Waals surface area contributed by atoms with Crippen molar-refractivity contribution in [2.75, 3.05) is 6.54 Å². The third-order valence-corrected chi connectivity index (χ3v) is 3.86. The molecule has 1 N–H and O–H groups in total. The zero-order valence-electron chi connectivity index (χ0n) is 11.8. The van der Waals surface area contributed by atoms with Crippen molar-refractivity contribution >= 4 is 7.60 Å². The Morgan fingerprint density at radius 2 is 1.71 bits per heavy atom. The number of hydrogen-bond donors (Lipinski definition) is 1. The Balaban J connectivity index is 4.73. The first-order chi connectivity index (χ1) is 7.79. The van der Waals surface area contributed by atoms with Crippen molar-refractivity contribution < 1.29 is 13.6 Å². The monoisotopic (exact) mass is 263 g/mol. The molecule has 0 amide bonds. The van der Waals surface area contributed by atoms with E-state index in [4.69, 9.17) is 9.05 Å². The molecule has 5 heteroatoms. The largest absolute Gasteiger partial charge is 0.388 e. The molecule has 0 saturated heterocycles. The van der Waals surface area contributed by atoms with Crippen molar-refractivity contribution in [1.29, 1.82) is 0 Å². The predicted molar refractivity (Wildman–Crippen MR) is 72.1 cm³/mol. The summed E-state index contributed by atoms with van der Waals surface area (Å²) in [7, 11) is -3.15. The van der Waals surface area contributed by atoms with Crippen LogP contribution < -0.4 is 5.32 Å². The highest BCUT2D eigenvalue weighted by molar-refractivity contribution is 7.57. The van der Waals surface area contributed by atoms with Crippen LogP contribution in [-0.2, 0) is 13.6 Å². The summed E-state index contributed by atoms with van der Waals surface area (Å²) in [5, 5.41) is 3.16. The van der Waals surface area contributed by atoms with Gasteiger partial charge in [-0.1, -0.05) is 6.92 Å². The van der Waals surface area contributed by atoms with Gasteiger partial charge in [0.1, 0.15) is 0 Å². The third kappa shape index (κ3) is 8.42. The molecule has 0 heterocycles. The number of allylic oxidation sites excluding steroid dienone is 1. The van der Waals surface area contributed by atoms with Gasteiger partial charge in [0.15, 0.2) is 0 Å². The Morgan fingerprint density at radius 3 is 2.06 bits per heavy atom. The van der Waals surface area contributed by atoms with Crippen LogP contribution in [0.2, 0.25) is 0 Å². The lowest BCUT2D eigenvalue weighted by Gasteiger charge is -2.20. The second kappa shape index (κ2) is 7.91. The molecule has 0 rings (SSSR count). The van der Waals surface area contributed by atoms with Gasteiger partial charge in [0, 0.05) is 18.1 Å². The molecule has 0 radical (unpaired) electrons. The van der Waals surface area contributed by atoms with E-state index >= 15 is 0 Å². The Hall–Kier alpha value is -0.310. The van der Waals surface area contributed by atoms with E-state index in [-0.39, 0.29) is 12.2 Å². The molecule has 102 valence electrons. The molecule has 0 aromatic rings. The molecule has 0 atom stereocenters. The summed E-state index contributed by atoms with van der Waals surface area (Å²) in [6.07, 6.45) is 0.760. The summed E-state index contributed by atoms with van der Waals surface area (Å²) >= 11 is 0. The Kier molecular flexibility index (Phi) is 7.77. The smallest absolute Gasteiger partial charge is 0.356 e. The number of rotatable bonds is 8. The van der Waals surface area contributed by atoms with Crippen LogP contribution in [0.25, 0.3) is 0 Å². The van der Waals surface area contributed by atoms with Gasteiger partial charge in [-0.15, -0.1) is 0 Å². The van der Waals surface area contributed by atoms with Crippen LogP contribution in [0.15, 0.2) is 11.5 Å². The quantitative estimate of drug-likeness (QED) is 0.675. The molecule has 0 aliphatic rings. The summed E-state index contributed by atoms with van der Waals surface area (Å²) in [6.45, 7) is 12.2. The van der Waals surface area contributed by atoms with E-state index in [1.54, 1.807) is 5.82 Å². The van der Waals surface area contributed by atoms with Crippen LogP contribution in [0.3, 0.4) is 0 Å². The summed E-state index contributed by atoms with van der Waals surface area (Å²) < 4.78 is 23.3. The van der Waals surface area contributed by atoms with Gasteiger partial charge in [-0.3, -0.25) is 4.57 Å². The van der Waals surface area contributed by atoms with E-state index in [2.05, 4.69) is 12.2 Å². The Morgan fingerprint density at radius 1 is 1.24 bits per heavy atom. The number of nitrogens with one attached hydrogen (secondary N) is 1. The van der Waals surface area contributed by atoms with Gasteiger partial charge in [-0.2, -0.15) is 0 Å². The van der Waals surface area contributed by atoms with Crippen molar-refractivity contribution in [3.05, 3.63) is 11.5 Å². The minimum absolute atomic E-state index is 0.130. The van der Waals surface area contributed by atoms with Crippen molar-refractivity contribution in [2.45, 2.75) is 60.2 Å². The molecule has 0 aromatic heterocycles. The molecule has 0 aliphatic carbocycles. The first kappa shape index (κ1) is 16.7. The second-order valence-corrected chi connectivity index (χ2v) is 6.35. The lowest BCUT2D eigenvalue weighted by Crippen LogP contribution is -2.13. The van der Waals surface area contributed by atoms with Crippen LogP contribution in [0.4, 0.5) is 0 Å². The molecule has 0 bridgehead atoms. The van der Waals surface area contributed by atoms with Crippen LogP contribution >= 0.6 is 7.60 Å². The van der Waals surface area contributed by atoms with Gasteiger partial charge in [-0.25, -0.2) is 0 Å².